The number of nitrogens with two attached hydrogens (primary N) is 4. The third-order valence-corrected chi connectivity index (χ3v) is 19.5. The summed E-state index contributed by atoms with van der Waals surface area (Å²) in [5.74, 6) is -6.60. The van der Waals surface area contributed by atoms with Gasteiger partial charge in [0.15, 0.2) is 5.96 Å². The Morgan fingerprint density at radius 1 is 0.670 bits per heavy atom. The molecule has 17 N–H and O–H groups in total. The van der Waals surface area contributed by atoms with Crippen LogP contribution in [0.1, 0.15) is 138 Å². The fourth-order valence-corrected chi connectivity index (χ4v) is 14.4. The number of H-pyrrole nitrogens is 1. The monoisotopic (exact) mass is 1360 g/mol. The number of nitrogens with zero attached hydrogens (tertiary/aromatic N) is 4. The lowest BCUT2D eigenvalue weighted by atomic mass is 9.94. The number of sulfonamides is 1. The second-order valence-corrected chi connectivity index (χ2v) is 27.5. The third kappa shape index (κ3) is 20.1. The number of carbonyl (C=O) groups is 9. The zero-order valence-corrected chi connectivity index (χ0v) is 57.2. The lowest BCUT2D eigenvalue weighted by Gasteiger charge is -2.31. The molecule has 3 aliphatic heterocycles. The summed E-state index contributed by atoms with van der Waals surface area (Å²) in [7, 11) is -4.25. The number of unbranched alkanes of at least 4 members (excludes halogenated alkanes) is 2. The molecule has 30 heteroatoms. The van der Waals surface area contributed by atoms with Crippen molar-refractivity contribution in [3.8, 4) is 5.75 Å². The number of benzene rings is 3. The van der Waals surface area contributed by atoms with Crippen LogP contribution in [0.15, 0.2) is 75.7 Å². The quantitative estimate of drug-likeness (QED) is 0.0181. The highest BCUT2D eigenvalue weighted by molar-refractivity contribution is 7.90. The predicted molar refractivity (Wildman–Crippen MR) is 365 cm³/mol. The van der Waals surface area contributed by atoms with Crippen molar-refractivity contribution in [3.05, 3.63) is 94.2 Å². The van der Waals surface area contributed by atoms with Gasteiger partial charge in [-0.15, -0.1) is 0 Å². The molecule has 0 aliphatic carbocycles. The Morgan fingerprint density at radius 3 is 1.90 bits per heavy atom. The molecule has 4 aromatic rings. The fourth-order valence-electron chi connectivity index (χ4n) is 12.8. The summed E-state index contributed by atoms with van der Waals surface area (Å²) in [6, 6.07) is 6.34. The summed E-state index contributed by atoms with van der Waals surface area (Å²) < 4.78 is 36.3. The van der Waals surface area contributed by atoms with E-state index in [-0.39, 0.29) is 88.4 Å². The molecule has 0 radical (unpaired) electrons. The van der Waals surface area contributed by atoms with Crippen molar-refractivity contribution in [2.45, 2.75) is 204 Å². The molecule has 0 saturated carbocycles. The number of hydrogen-bond donors (Lipinski definition) is 13. The second-order valence-electron chi connectivity index (χ2n) is 25.9. The largest absolute Gasteiger partial charge is 0.487 e. The number of ether oxygens (including phenoxy) is 1. The Bertz CT molecular complexity index is 3710. The molecular formula is C67H96N16O13S. The minimum atomic E-state index is -4.25. The molecule has 29 nitrogen and oxygen atoms in total. The number of carboxylic acids is 1. The van der Waals surface area contributed by atoms with Crippen LogP contribution in [0.5, 0.6) is 5.75 Å². The SMILES string of the molecule is CC(=O)N[C@@H](CCCN=C(N)N)C(=O)N[C@@H](Cc1c[nH]c2ccccc12)C(=O)N[C@@H](CCCCCN)C(=O)N[C@@H](Cc1ccccc1)C(=O)N1CCC[C@H]1C(=O)N[C@@H](C)C(=O)N[C@@H](CCCN=C(N)NS(=O)(=O)c1c(C)c(C)c2c(c1C)CC(C)(C)O2)C(=O)N1CCC[C@H]1C(=O)O. The second kappa shape index (κ2) is 34.1. The van der Waals surface area contributed by atoms with Crippen molar-refractivity contribution in [3.63, 3.8) is 0 Å². The van der Waals surface area contributed by atoms with Crippen molar-refractivity contribution in [2.75, 3.05) is 32.7 Å². The van der Waals surface area contributed by atoms with Crippen molar-refractivity contribution < 1.29 is 61.4 Å². The van der Waals surface area contributed by atoms with E-state index < -0.39 is 123 Å². The number of amides is 8. The van der Waals surface area contributed by atoms with Gasteiger partial charge in [0.25, 0.3) is 10.0 Å². The minimum Gasteiger partial charge on any atom is -0.487 e. The highest BCUT2D eigenvalue weighted by Gasteiger charge is 2.42. The Kier molecular flexibility index (Phi) is 26.4. The van der Waals surface area contributed by atoms with Gasteiger partial charge in [0.1, 0.15) is 59.7 Å². The number of nitrogens with one attached hydrogen (secondary N) is 8. The summed E-state index contributed by atoms with van der Waals surface area (Å²) in [4.78, 5) is 140. The summed E-state index contributed by atoms with van der Waals surface area (Å²) in [5.41, 5.74) is 27.1. The molecular weight excluding hydrogens is 1270 g/mol. The van der Waals surface area contributed by atoms with Crippen molar-refractivity contribution in [1.82, 2.24) is 51.4 Å². The fraction of sp³-hybridized carbons (Fsp3) is 0.537. The third-order valence-electron chi connectivity index (χ3n) is 17.9. The molecule has 8 atom stereocenters. The average Bonchev–Trinajstić information content (AvgIpc) is 1.69. The van der Waals surface area contributed by atoms with E-state index in [0.717, 1.165) is 16.5 Å². The number of aliphatic imine (C=N–C) groups is 2. The number of aliphatic carboxylic acids is 1. The molecule has 2 fully saturated rings. The number of aromatic amines is 1. The standard InChI is InChI=1S/C67H96N16O13S/c1-38-39(2)56(40(3)46-36-67(6,7)96-55(38)46)97(94,95)81-66(71)73-31-17-26-50(62(90)83-33-19-28-54(83)64(92)93)78-57(85)41(4)75-61(89)53-27-18-32-82(53)63(91)52(34-43-20-10-8-11-21-43)80-59(87)49(24-12-9-15-29-68)77-60(88)51(35-44-37-74-47-23-14-13-22-45(44)47)79-58(86)48(76-42(5)84)25-16-30-72-65(69)70/h8,10-11,13-14,20-23,37,41,48-54,74H,9,12,15-19,24-36,68H2,1-7H3,(H,75,89)(H,76,84)(H,77,88)(H,78,85)(H,79,86)(H,80,87)(H,92,93)(H4,69,70,72)(H3,71,73,81)/t41-,48-,49-,50-,51-,52-,53-,54-/m0/s1. The van der Waals surface area contributed by atoms with Gasteiger partial charge in [0, 0.05) is 75.0 Å². The Hall–Kier alpha value is -9.32. The lowest BCUT2D eigenvalue weighted by molar-refractivity contribution is -0.149. The van der Waals surface area contributed by atoms with Gasteiger partial charge in [-0.2, -0.15) is 0 Å². The predicted octanol–water partition coefficient (Wildman–Crippen LogP) is 1.25. The number of fused-ring (bicyclic) bond motifs is 2. The number of para-hydroxylation sites is 1. The topological polar surface area (TPSA) is 453 Å². The molecule has 0 bridgehead atoms. The van der Waals surface area contributed by atoms with Crippen LogP contribution in [0.3, 0.4) is 0 Å². The molecule has 7 rings (SSSR count). The highest BCUT2D eigenvalue weighted by Crippen LogP contribution is 2.44. The van der Waals surface area contributed by atoms with Crippen LogP contribution < -0.4 is 64.3 Å². The van der Waals surface area contributed by atoms with Gasteiger partial charge in [-0.1, -0.05) is 61.4 Å². The smallest absolute Gasteiger partial charge is 0.326 e. The van der Waals surface area contributed by atoms with E-state index >= 15 is 4.79 Å². The number of hydrogen-bond acceptors (Lipinski definition) is 15. The van der Waals surface area contributed by atoms with Crippen LogP contribution in [0, 0.1) is 20.8 Å². The van der Waals surface area contributed by atoms with E-state index in [2.05, 4.69) is 51.6 Å². The number of rotatable bonds is 33. The van der Waals surface area contributed by atoms with Crippen LogP contribution in [0.25, 0.3) is 10.9 Å². The van der Waals surface area contributed by atoms with Gasteiger partial charge in [-0.3, -0.25) is 48.3 Å². The van der Waals surface area contributed by atoms with Crippen molar-refractivity contribution >= 4 is 86.1 Å². The van der Waals surface area contributed by atoms with Gasteiger partial charge in [-0.05, 0) is 146 Å². The maximum Gasteiger partial charge on any atom is 0.326 e. The van der Waals surface area contributed by atoms with Gasteiger partial charge in [0.05, 0.1) is 4.90 Å². The molecule has 4 heterocycles. The Labute approximate surface area is 565 Å². The maximum absolute atomic E-state index is 15.1. The summed E-state index contributed by atoms with van der Waals surface area (Å²) in [6.45, 7) is 12.3. The Balaban J connectivity index is 1.06. The summed E-state index contributed by atoms with van der Waals surface area (Å²) in [6.07, 6.45) is 5.34. The van der Waals surface area contributed by atoms with Crippen LogP contribution >= 0.6 is 0 Å². The van der Waals surface area contributed by atoms with E-state index in [1.165, 1.54) is 23.6 Å². The lowest BCUT2D eigenvalue weighted by Crippen LogP contribution is -2.60. The van der Waals surface area contributed by atoms with Gasteiger partial charge in [-0.25, -0.2) is 17.9 Å². The number of aromatic nitrogens is 1. The van der Waals surface area contributed by atoms with Gasteiger partial charge >= 0.3 is 5.97 Å². The first-order valence-corrected chi connectivity index (χ1v) is 34.6. The van der Waals surface area contributed by atoms with E-state index in [4.69, 9.17) is 27.7 Å². The summed E-state index contributed by atoms with van der Waals surface area (Å²) in [5, 5.41) is 27.4. The van der Waals surface area contributed by atoms with Crippen LogP contribution in [-0.4, -0.2) is 180 Å². The van der Waals surface area contributed by atoms with E-state index in [1.54, 1.807) is 57.3 Å². The Morgan fingerprint density at radius 2 is 1.24 bits per heavy atom. The number of guanidine groups is 2. The number of likely N-dealkylation sites (tertiary alicyclic amines) is 2. The molecule has 1 aromatic heterocycles. The normalized spacial score (nSPS) is 17.7. The molecule has 0 unspecified atom stereocenters. The van der Waals surface area contributed by atoms with E-state index in [0.29, 0.717) is 85.1 Å². The first-order valence-electron chi connectivity index (χ1n) is 33.1. The molecule has 528 valence electrons. The van der Waals surface area contributed by atoms with Crippen LogP contribution in [-0.2, 0) is 72.4 Å². The molecule has 0 spiro atoms. The van der Waals surface area contributed by atoms with Crippen molar-refractivity contribution in [1.29, 1.82) is 0 Å². The number of carbonyl (C=O) groups excluding carboxylic acids is 8. The molecule has 2 saturated heterocycles. The van der Waals surface area contributed by atoms with Gasteiger partial charge < -0.3 is 79.5 Å². The minimum absolute atomic E-state index is 0.0400. The summed E-state index contributed by atoms with van der Waals surface area (Å²) >= 11 is 0. The van der Waals surface area contributed by atoms with Crippen LogP contribution in [0.2, 0.25) is 0 Å². The first-order chi connectivity index (χ1) is 46.0. The first kappa shape index (κ1) is 75.1. The van der Waals surface area contributed by atoms with Crippen LogP contribution in [0.4, 0.5) is 0 Å². The zero-order chi connectivity index (χ0) is 70.9. The molecule has 97 heavy (non-hydrogen) atoms. The number of carboxylic acid groups (broad SMARTS) is 1. The van der Waals surface area contributed by atoms with E-state index in [9.17, 15) is 51.9 Å². The molecule has 3 aromatic carbocycles. The highest BCUT2D eigenvalue weighted by atomic mass is 32.2. The van der Waals surface area contributed by atoms with E-state index in [1.807, 2.05) is 38.1 Å². The van der Waals surface area contributed by atoms with Crippen molar-refractivity contribution in [2.24, 2.45) is 32.9 Å². The molecule has 3 aliphatic rings. The maximum atomic E-state index is 15.1. The zero-order valence-electron chi connectivity index (χ0n) is 56.4. The average molecular weight is 1370 g/mol. The van der Waals surface area contributed by atoms with Gasteiger partial charge in [0.2, 0.25) is 53.2 Å². The molecule has 8 amide bonds.